The first-order valence-electron chi connectivity index (χ1n) is 5.92. The monoisotopic (exact) mass is 242 g/mol. The van der Waals surface area contributed by atoms with Gasteiger partial charge < -0.3 is 5.11 Å². The van der Waals surface area contributed by atoms with Gasteiger partial charge >= 0.3 is 0 Å². The lowest BCUT2D eigenvalue weighted by Gasteiger charge is -2.14. The molecule has 0 spiro atoms. The largest absolute Gasteiger partial charge is 0.388 e. The van der Waals surface area contributed by atoms with Crippen molar-refractivity contribution in [3.8, 4) is 0 Å². The van der Waals surface area contributed by atoms with Crippen LogP contribution < -0.4 is 0 Å². The van der Waals surface area contributed by atoms with Crippen LogP contribution in [0.4, 0.5) is 13.2 Å². The lowest BCUT2D eigenvalue weighted by molar-refractivity contribution is 0.132. The number of rotatable bonds is 2. The molecule has 4 heteroatoms. The van der Waals surface area contributed by atoms with Crippen molar-refractivity contribution in [3.63, 3.8) is 0 Å². The Labute approximate surface area is 97.3 Å². The number of aliphatic hydroxyl groups is 1. The van der Waals surface area contributed by atoms with Crippen LogP contribution in [-0.4, -0.2) is 5.11 Å². The highest BCUT2D eigenvalue weighted by Crippen LogP contribution is 2.62. The van der Waals surface area contributed by atoms with Gasteiger partial charge in [-0.25, -0.2) is 13.2 Å². The number of fused-ring (bicyclic) bond motifs is 1. The van der Waals surface area contributed by atoms with Gasteiger partial charge in [-0.05, 0) is 36.7 Å². The highest BCUT2D eigenvalue weighted by molar-refractivity contribution is 5.25. The zero-order chi connectivity index (χ0) is 12.2. The van der Waals surface area contributed by atoms with Crippen molar-refractivity contribution in [2.24, 2.45) is 17.8 Å². The van der Waals surface area contributed by atoms with Crippen LogP contribution in [0, 0.1) is 35.2 Å². The molecule has 0 bridgehead atoms. The van der Waals surface area contributed by atoms with Crippen LogP contribution in [0.2, 0.25) is 0 Å². The number of halogens is 3. The van der Waals surface area contributed by atoms with Crippen molar-refractivity contribution in [1.29, 1.82) is 0 Å². The molecule has 0 amide bonds. The Morgan fingerprint density at radius 2 is 1.59 bits per heavy atom. The van der Waals surface area contributed by atoms with E-state index >= 15 is 0 Å². The van der Waals surface area contributed by atoms with Gasteiger partial charge in [-0.15, -0.1) is 0 Å². The summed E-state index contributed by atoms with van der Waals surface area (Å²) in [5, 5.41) is 10.0. The topological polar surface area (TPSA) is 20.2 Å². The van der Waals surface area contributed by atoms with Gasteiger partial charge in [0.1, 0.15) is 5.82 Å². The molecule has 2 saturated carbocycles. The highest BCUT2D eigenvalue weighted by Gasteiger charge is 2.56. The molecular formula is C13H13F3O. The first kappa shape index (κ1) is 11.1. The summed E-state index contributed by atoms with van der Waals surface area (Å²) in [5.41, 5.74) is -0.108. The zero-order valence-electron chi connectivity index (χ0n) is 9.17. The van der Waals surface area contributed by atoms with Crippen molar-refractivity contribution in [3.05, 3.63) is 35.1 Å². The lowest BCUT2D eigenvalue weighted by atomic mass is 9.99. The third kappa shape index (κ3) is 1.66. The molecule has 17 heavy (non-hydrogen) atoms. The summed E-state index contributed by atoms with van der Waals surface area (Å²) >= 11 is 0. The fourth-order valence-corrected chi connectivity index (χ4v) is 3.32. The summed E-state index contributed by atoms with van der Waals surface area (Å²) in [7, 11) is 0. The van der Waals surface area contributed by atoms with E-state index in [2.05, 4.69) is 0 Å². The van der Waals surface area contributed by atoms with Crippen LogP contribution in [0.1, 0.15) is 30.9 Å². The van der Waals surface area contributed by atoms with Crippen LogP contribution in [0.5, 0.6) is 0 Å². The second kappa shape index (κ2) is 3.73. The molecule has 0 aliphatic heterocycles. The highest BCUT2D eigenvalue weighted by atomic mass is 19.2. The first-order chi connectivity index (χ1) is 8.09. The fourth-order valence-electron chi connectivity index (χ4n) is 3.32. The van der Waals surface area contributed by atoms with E-state index in [4.69, 9.17) is 0 Å². The summed E-state index contributed by atoms with van der Waals surface area (Å²) in [6.45, 7) is 0. The second-order valence-electron chi connectivity index (χ2n) is 5.07. The normalized spacial score (nSPS) is 32.4. The van der Waals surface area contributed by atoms with Gasteiger partial charge in [0.15, 0.2) is 11.6 Å². The zero-order valence-corrected chi connectivity index (χ0v) is 9.17. The van der Waals surface area contributed by atoms with Gasteiger partial charge in [0, 0.05) is 11.6 Å². The molecule has 2 fully saturated rings. The smallest absolute Gasteiger partial charge is 0.161 e. The molecule has 0 saturated heterocycles. The molecule has 1 aromatic rings. The standard InChI is InChI=1S/C13H13F3O/c14-9-5-11(16)10(15)4-8(9)13(17)12-6-2-1-3-7(6)12/h4-7,12-13,17H,1-3H2. The quantitative estimate of drug-likeness (QED) is 0.790. The average Bonchev–Trinajstić information content (AvgIpc) is 2.76. The Morgan fingerprint density at radius 1 is 1.00 bits per heavy atom. The van der Waals surface area contributed by atoms with Gasteiger partial charge in [0.05, 0.1) is 6.10 Å². The van der Waals surface area contributed by atoms with Crippen molar-refractivity contribution in [2.75, 3.05) is 0 Å². The molecule has 1 N–H and O–H groups in total. The second-order valence-corrected chi connectivity index (χ2v) is 5.07. The predicted octanol–water partition coefficient (Wildman–Crippen LogP) is 3.18. The Kier molecular flexibility index (Phi) is 2.43. The Bertz CT molecular complexity index is 450. The van der Waals surface area contributed by atoms with E-state index in [1.54, 1.807) is 0 Å². The molecule has 2 aliphatic rings. The maximum Gasteiger partial charge on any atom is 0.161 e. The minimum absolute atomic E-state index is 0.0307. The van der Waals surface area contributed by atoms with Crippen molar-refractivity contribution in [1.82, 2.24) is 0 Å². The third-order valence-electron chi connectivity index (χ3n) is 4.20. The van der Waals surface area contributed by atoms with Gasteiger partial charge in [-0.2, -0.15) is 0 Å². The number of aliphatic hydroxyl groups excluding tert-OH is 1. The summed E-state index contributed by atoms with van der Waals surface area (Å²) in [6.07, 6.45) is 2.26. The van der Waals surface area contributed by atoms with Crippen molar-refractivity contribution < 1.29 is 18.3 Å². The minimum Gasteiger partial charge on any atom is -0.388 e. The Morgan fingerprint density at radius 3 is 2.24 bits per heavy atom. The van der Waals surface area contributed by atoms with Crippen LogP contribution in [0.15, 0.2) is 12.1 Å². The third-order valence-corrected chi connectivity index (χ3v) is 4.20. The number of hydrogen-bond donors (Lipinski definition) is 1. The molecule has 2 aliphatic carbocycles. The molecule has 3 rings (SSSR count). The predicted molar refractivity (Wildman–Crippen MR) is 55.6 cm³/mol. The summed E-state index contributed by atoms with van der Waals surface area (Å²) < 4.78 is 39.3. The van der Waals surface area contributed by atoms with Crippen LogP contribution in [0.3, 0.4) is 0 Å². The van der Waals surface area contributed by atoms with E-state index in [0.29, 0.717) is 17.9 Å². The van der Waals surface area contributed by atoms with E-state index in [-0.39, 0.29) is 11.5 Å². The van der Waals surface area contributed by atoms with E-state index < -0.39 is 23.6 Å². The van der Waals surface area contributed by atoms with E-state index in [9.17, 15) is 18.3 Å². The molecule has 0 radical (unpaired) electrons. The van der Waals surface area contributed by atoms with Crippen molar-refractivity contribution in [2.45, 2.75) is 25.4 Å². The van der Waals surface area contributed by atoms with E-state index in [1.165, 1.54) is 0 Å². The Balaban J connectivity index is 1.87. The molecule has 92 valence electrons. The average molecular weight is 242 g/mol. The summed E-state index contributed by atoms with van der Waals surface area (Å²) in [4.78, 5) is 0. The molecule has 3 unspecified atom stereocenters. The summed E-state index contributed by atoms with van der Waals surface area (Å²) in [5.74, 6) is -2.26. The maximum absolute atomic E-state index is 13.5. The minimum atomic E-state index is -1.21. The van der Waals surface area contributed by atoms with Crippen LogP contribution in [0.25, 0.3) is 0 Å². The first-order valence-corrected chi connectivity index (χ1v) is 5.92. The SMILES string of the molecule is OC(c1cc(F)c(F)cc1F)C1C2CCCC21. The van der Waals surface area contributed by atoms with E-state index in [1.807, 2.05) is 0 Å². The molecular weight excluding hydrogens is 229 g/mol. The van der Waals surface area contributed by atoms with Gasteiger partial charge in [0.25, 0.3) is 0 Å². The summed E-state index contributed by atoms with van der Waals surface area (Å²) in [6, 6.07) is 1.29. The van der Waals surface area contributed by atoms with E-state index in [0.717, 1.165) is 25.3 Å². The fraction of sp³-hybridized carbons (Fsp3) is 0.538. The molecule has 1 nitrogen and oxygen atoms in total. The number of hydrogen-bond acceptors (Lipinski definition) is 1. The van der Waals surface area contributed by atoms with Gasteiger partial charge in [0.2, 0.25) is 0 Å². The molecule has 1 aromatic carbocycles. The van der Waals surface area contributed by atoms with Crippen LogP contribution >= 0.6 is 0 Å². The molecule has 0 aromatic heterocycles. The number of benzene rings is 1. The molecule has 0 heterocycles. The lowest BCUT2D eigenvalue weighted by Crippen LogP contribution is -2.08. The van der Waals surface area contributed by atoms with Crippen molar-refractivity contribution >= 4 is 0 Å². The molecule has 3 atom stereocenters. The van der Waals surface area contributed by atoms with Gasteiger partial charge in [-0.3, -0.25) is 0 Å². The van der Waals surface area contributed by atoms with Gasteiger partial charge in [-0.1, -0.05) is 6.42 Å². The van der Waals surface area contributed by atoms with Crippen LogP contribution in [-0.2, 0) is 0 Å². The Hall–Kier alpha value is -1.03. The maximum atomic E-state index is 13.5.